The van der Waals surface area contributed by atoms with Crippen LogP contribution in [0.3, 0.4) is 0 Å². The average molecular weight is 251 g/mol. The van der Waals surface area contributed by atoms with Gasteiger partial charge in [-0.05, 0) is 32.9 Å². The third-order valence-corrected chi connectivity index (χ3v) is 2.83. The zero-order chi connectivity index (χ0) is 13.4. The first-order valence-corrected chi connectivity index (χ1v) is 6.63. The van der Waals surface area contributed by atoms with Crippen LogP contribution in [0, 0.1) is 6.92 Å². The Hall–Kier alpha value is -1.06. The van der Waals surface area contributed by atoms with Crippen LogP contribution in [0.5, 0.6) is 5.75 Å². The first-order valence-electron chi connectivity index (χ1n) is 6.63. The maximum absolute atomic E-state index is 5.81. The topological polar surface area (TPSA) is 30.5 Å². The zero-order valence-electron chi connectivity index (χ0n) is 12.0. The van der Waals surface area contributed by atoms with Crippen molar-refractivity contribution in [3.63, 3.8) is 0 Å². The molecular weight excluding hydrogens is 226 g/mol. The second-order valence-electron chi connectivity index (χ2n) is 4.65. The van der Waals surface area contributed by atoms with E-state index in [1.165, 1.54) is 11.1 Å². The molecule has 0 aliphatic heterocycles. The van der Waals surface area contributed by atoms with E-state index in [4.69, 9.17) is 9.47 Å². The van der Waals surface area contributed by atoms with Gasteiger partial charge in [0.25, 0.3) is 0 Å². The van der Waals surface area contributed by atoms with Crippen LogP contribution < -0.4 is 10.1 Å². The molecule has 0 aromatic heterocycles. The van der Waals surface area contributed by atoms with E-state index >= 15 is 0 Å². The summed E-state index contributed by atoms with van der Waals surface area (Å²) < 4.78 is 11.0. The molecule has 1 aromatic carbocycles. The van der Waals surface area contributed by atoms with Crippen LogP contribution >= 0.6 is 0 Å². The molecule has 1 aromatic rings. The van der Waals surface area contributed by atoms with Gasteiger partial charge in [0.1, 0.15) is 12.4 Å². The monoisotopic (exact) mass is 251 g/mol. The fourth-order valence-electron chi connectivity index (χ4n) is 1.66. The SMILES string of the molecule is CCCNCc1cc(C)ccc1OCC(C)OC. The van der Waals surface area contributed by atoms with E-state index in [2.05, 4.69) is 31.3 Å². The molecule has 0 amide bonds. The lowest BCUT2D eigenvalue weighted by atomic mass is 10.1. The second-order valence-corrected chi connectivity index (χ2v) is 4.65. The van der Waals surface area contributed by atoms with Gasteiger partial charge in [-0.15, -0.1) is 0 Å². The molecule has 0 fully saturated rings. The molecule has 0 aliphatic carbocycles. The van der Waals surface area contributed by atoms with Crippen LogP contribution in [0.2, 0.25) is 0 Å². The van der Waals surface area contributed by atoms with Crippen LogP contribution in [0.4, 0.5) is 0 Å². The van der Waals surface area contributed by atoms with Crippen molar-refractivity contribution in [2.45, 2.75) is 39.8 Å². The predicted octanol–water partition coefficient (Wildman–Crippen LogP) is 2.91. The summed E-state index contributed by atoms with van der Waals surface area (Å²) in [5, 5.41) is 3.41. The Bertz CT molecular complexity index is 352. The van der Waals surface area contributed by atoms with Crippen molar-refractivity contribution >= 4 is 0 Å². The molecule has 3 nitrogen and oxygen atoms in total. The van der Waals surface area contributed by atoms with Gasteiger partial charge in [0.15, 0.2) is 0 Å². The molecule has 0 bridgehead atoms. The lowest BCUT2D eigenvalue weighted by molar-refractivity contribution is 0.0712. The van der Waals surface area contributed by atoms with Crippen LogP contribution in [-0.2, 0) is 11.3 Å². The Balaban J connectivity index is 2.63. The smallest absolute Gasteiger partial charge is 0.123 e. The highest BCUT2D eigenvalue weighted by Gasteiger charge is 2.06. The number of hydrogen-bond acceptors (Lipinski definition) is 3. The first-order chi connectivity index (χ1) is 8.67. The van der Waals surface area contributed by atoms with Gasteiger partial charge in [-0.2, -0.15) is 0 Å². The molecule has 0 spiro atoms. The number of rotatable bonds is 8. The first kappa shape index (κ1) is 15.0. The molecule has 1 N–H and O–H groups in total. The molecular formula is C15H25NO2. The molecule has 1 unspecified atom stereocenters. The summed E-state index contributed by atoms with van der Waals surface area (Å²) in [5.74, 6) is 0.952. The van der Waals surface area contributed by atoms with Crippen molar-refractivity contribution in [1.82, 2.24) is 5.32 Å². The number of aryl methyl sites for hydroxylation is 1. The highest BCUT2D eigenvalue weighted by molar-refractivity contribution is 5.36. The molecule has 0 saturated carbocycles. The van der Waals surface area contributed by atoms with Crippen LogP contribution in [0.15, 0.2) is 18.2 Å². The van der Waals surface area contributed by atoms with Crippen molar-refractivity contribution in [2.24, 2.45) is 0 Å². The van der Waals surface area contributed by atoms with Crippen molar-refractivity contribution < 1.29 is 9.47 Å². The molecule has 0 aliphatic rings. The van der Waals surface area contributed by atoms with Crippen LogP contribution in [0.1, 0.15) is 31.4 Å². The van der Waals surface area contributed by atoms with Crippen LogP contribution in [-0.4, -0.2) is 26.4 Å². The summed E-state index contributed by atoms with van der Waals surface area (Å²) in [6, 6.07) is 6.30. The van der Waals surface area contributed by atoms with E-state index in [1.807, 2.05) is 13.0 Å². The van der Waals surface area contributed by atoms with Crippen molar-refractivity contribution in [1.29, 1.82) is 0 Å². The Kier molecular flexibility index (Phi) is 6.76. The minimum atomic E-state index is 0.114. The second kappa shape index (κ2) is 8.11. The highest BCUT2D eigenvalue weighted by atomic mass is 16.5. The number of nitrogens with one attached hydrogen (secondary N) is 1. The zero-order valence-corrected chi connectivity index (χ0v) is 12.0. The Morgan fingerprint density at radius 2 is 2.11 bits per heavy atom. The number of hydrogen-bond donors (Lipinski definition) is 1. The van der Waals surface area contributed by atoms with E-state index in [9.17, 15) is 0 Å². The van der Waals surface area contributed by atoms with E-state index < -0.39 is 0 Å². The lowest BCUT2D eigenvalue weighted by Crippen LogP contribution is -2.18. The quantitative estimate of drug-likeness (QED) is 0.721. The Morgan fingerprint density at radius 3 is 2.78 bits per heavy atom. The number of ether oxygens (including phenoxy) is 2. The largest absolute Gasteiger partial charge is 0.491 e. The van der Waals surface area contributed by atoms with Gasteiger partial charge in [0.2, 0.25) is 0 Å². The molecule has 102 valence electrons. The molecule has 0 radical (unpaired) electrons. The van der Waals surface area contributed by atoms with Crippen molar-refractivity contribution in [2.75, 3.05) is 20.3 Å². The molecule has 1 rings (SSSR count). The van der Waals surface area contributed by atoms with E-state index in [0.717, 1.165) is 25.3 Å². The average Bonchev–Trinajstić information content (AvgIpc) is 2.37. The van der Waals surface area contributed by atoms with Gasteiger partial charge in [-0.25, -0.2) is 0 Å². The van der Waals surface area contributed by atoms with Crippen molar-refractivity contribution in [3.8, 4) is 5.75 Å². The molecule has 0 saturated heterocycles. The fraction of sp³-hybridized carbons (Fsp3) is 0.600. The van der Waals surface area contributed by atoms with Gasteiger partial charge < -0.3 is 14.8 Å². The minimum Gasteiger partial charge on any atom is -0.491 e. The predicted molar refractivity (Wildman–Crippen MR) is 75.1 cm³/mol. The van der Waals surface area contributed by atoms with Gasteiger partial charge in [-0.3, -0.25) is 0 Å². The maximum Gasteiger partial charge on any atom is 0.123 e. The highest BCUT2D eigenvalue weighted by Crippen LogP contribution is 2.20. The normalized spacial score (nSPS) is 12.4. The Morgan fingerprint density at radius 1 is 1.33 bits per heavy atom. The summed E-state index contributed by atoms with van der Waals surface area (Å²) in [6.07, 6.45) is 1.26. The molecule has 18 heavy (non-hydrogen) atoms. The Labute approximate surface area is 110 Å². The number of benzene rings is 1. The summed E-state index contributed by atoms with van der Waals surface area (Å²) in [5.41, 5.74) is 2.47. The van der Waals surface area contributed by atoms with Gasteiger partial charge in [-0.1, -0.05) is 24.6 Å². The van der Waals surface area contributed by atoms with Gasteiger partial charge >= 0.3 is 0 Å². The van der Waals surface area contributed by atoms with E-state index in [1.54, 1.807) is 7.11 Å². The van der Waals surface area contributed by atoms with Crippen molar-refractivity contribution in [3.05, 3.63) is 29.3 Å². The summed E-state index contributed by atoms with van der Waals surface area (Å²) >= 11 is 0. The third-order valence-electron chi connectivity index (χ3n) is 2.83. The third kappa shape index (κ3) is 5.07. The summed E-state index contributed by atoms with van der Waals surface area (Å²) in [4.78, 5) is 0. The van der Waals surface area contributed by atoms with Crippen LogP contribution in [0.25, 0.3) is 0 Å². The lowest BCUT2D eigenvalue weighted by Gasteiger charge is -2.15. The van der Waals surface area contributed by atoms with E-state index in [-0.39, 0.29) is 6.10 Å². The molecule has 0 heterocycles. The van der Waals surface area contributed by atoms with E-state index in [0.29, 0.717) is 6.61 Å². The minimum absolute atomic E-state index is 0.114. The summed E-state index contributed by atoms with van der Waals surface area (Å²) in [6.45, 7) is 8.74. The fourth-order valence-corrected chi connectivity index (χ4v) is 1.66. The van der Waals surface area contributed by atoms with Gasteiger partial charge in [0.05, 0.1) is 6.10 Å². The summed E-state index contributed by atoms with van der Waals surface area (Å²) in [7, 11) is 1.70. The van der Waals surface area contributed by atoms with Gasteiger partial charge in [0, 0.05) is 19.2 Å². The number of methoxy groups -OCH3 is 1. The molecule has 3 heteroatoms. The standard InChI is InChI=1S/C15H25NO2/c1-5-8-16-10-14-9-12(2)6-7-15(14)18-11-13(3)17-4/h6-7,9,13,16H,5,8,10-11H2,1-4H3. The molecule has 1 atom stereocenters. The maximum atomic E-state index is 5.81.